The fourth-order valence-electron chi connectivity index (χ4n) is 2.83. The van der Waals surface area contributed by atoms with Gasteiger partial charge >= 0.3 is 6.09 Å². The molecule has 0 spiro atoms. The van der Waals surface area contributed by atoms with Gasteiger partial charge in [-0.25, -0.2) is 4.79 Å². The van der Waals surface area contributed by atoms with Crippen molar-refractivity contribution in [3.05, 3.63) is 59.6 Å². The maximum atomic E-state index is 12.3. The number of carbonyl (C=O) groups excluding carboxylic acids is 2. The van der Waals surface area contributed by atoms with Gasteiger partial charge in [0, 0.05) is 24.2 Å². The summed E-state index contributed by atoms with van der Waals surface area (Å²) < 4.78 is 10.7. The molecule has 1 heterocycles. The highest BCUT2D eigenvalue weighted by molar-refractivity contribution is 6.30. The Labute approximate surface area is 163 Å². The minimum atomic E-state index is -0.475. The number of benzene rings is 2. The molecule has 142 valence electrons. The largest absolute Gasteiger partial charge is 0.484 e. The minimum Gasteiger partial charge on any atom is -0.484 e. The third-order valence-electron chi connectivity index (χ3n) is 4.30. The fourth-order valence-corrected chi connectivity index (χ4v) is 2.96. The molecule has 0 unspecified atom stereocenters. The summed E-state index contributed by atoms with van der Waals surface area (Å²) in [7, 11) is 0. The van der Waals surface area contributed by atoms with Crippen LogP contribution in [0.5, 0.6) is 11.5 Å². The molecule has 0 radical (unpaired) electrons. The average molecular weight is 389 g/mol. The van der Waals surface area contributed by atoms with Crippen LogP contribution in [0.3, 0.4) is 0 Å². The molecule has 1 N–H and O–H groups in total. The zero-order valence-electron chi connectivity index (χ0n) is 14.8. The molecule has 3 rings (SSSR count). The van der Waals surface area contributed by atoms with Gasteiger partial charge in [0.1, 0.15) is 11.5 Å². The lowest BCUT2D eigenvalue weighted by Crippen LogP contribution is -2.48. The Kier molecular flexibility index (Phi) is 6.54. The maximum absolute atomic E-state index is 12.3. The molecular weight excluding hydrogens is 368 g/mol. The van der Waals surface area contributed by atoms with Gasteiger partial charge in [-0.05, 0) is 49.2 Å². The molecule has 0 aromatic heterocycles. The van der Waals surface area contributed by atoms with Crippen LogP contribution in [0.2, 0.25) is 5.02 Å². The van der Waals surface area contributed by atoms with Gasteiger partial charge in [0.2, 0.25) is 0 Å². The summed E-state index contributed by atoms with van der Waals surface area (Å²) in [5, 5.41) is 3.47. The normalized spacial score (nSPS) is 14.5. The van der Waals surface area contributed by atoms with E-state index in [2.05, 4.69) is 5.32 Å². The van der Waals surface area contributed by atoms with Gasteiger partial charge in [0.15, 0.2) is 6.61 Å². The summed E-state index contributed by atoms with van der Waals surface area (Å²) in [6, 6.07) is 15.8. The van der Waals surface area contributed by atoms with Crippen LogP contribution in [0.15, 0.2) is 54.6 Å². The highest BCUT2D eigenvalue weighted by Crippen LogP contribution is 2.16. The van der Waals surface area contributed by atoms with E-state index in [4.69, 9.17) is 21.1 Å². The Morgan fingerprint density at radius 3 is 2.33 bits per heavy atom. The lowest BCUT2D eigenvalue weighted by Gasteiger charge is -2.32. The number of likely N-dealkylation sites (tertiary alicyclic amines) is 1. The van der Waals surface area contributed by atoms with E-state index in [0.717, 1.165) is 0 Å². The molecule has 2 aromatic rings. The molecule has 1 fully saturated rings. The van der Waals surface area contributed by atoms with Crippen molar-refractivity contribution in [1.29, 1.82) is 0 Å². The first-order chi connectivity index (χ1) is 13.1. The van der Waals surface area contributed by atoms with Crippen LogP contribution in [-0.2, 0) is 4.79 Å². The van der Waals surface area contributed by atoms with Crippen LogP contribution < -0.4 is 14.8 Å². The number of para-hydroxylation sites is 1. The van der Waals surface area contributed by atoms with E-state index in [9.17, 15) is 9.59 Å². The summed E-state index contributed by atoms with van der Waals surface area (Å²) in [6.45, 7) is 1.12. The number of nitrogens with one attached hydrogen (secondary N) is 1. The van der Waals surface area contributed by atoms with Crippen LogP contribution in [0.1, 0.15) is 12.8 Å². The van der Waals surface area contributed by atoms with Gasteiger partial charge in [0.25, 0.3) is 5.91 Å². The number of hydrogen-bond acceptors (Lipinski definition) is 4. The van der Waals surface area contributed by atoms with Crippen molar-refractivity contribution in [1.82, 2.24) is 10.2 Å². The smallest absolute Gasteiger partial charge is 0.412 e. The van der Waals surface area contributed by atoms with E-state index in [0.29, 0.717) is 42.5 Å². The number of hydrogen-bond donors (Lipinski definition) is 1. The second-order valence-electron chi connectivity index (χ2n) is 6.24. The molecule has 0 atom stereocenters. The van der Waals surface area contributed by atoms with Gasteiger partial charge in [-0.1, -0.05) is 29.8 Å². The molecule has 0 aliphatic carbocycles. The van der Waals surface area contributed by atoms with Crippen molar-refractivity contribution in [3.63, 3.8) is 0 Å². The molecule has 27 heavy (non-hydrogen) atoms. The topological polar surface area (TPSA) is 67.9 Å². The third-order valence-corrected chi connectivity index (χ3v) is 4.55. The van der Waals surface area contributed by atoms with E-state index < -0.39 is 6.09 Å². The van der Waals surface area contributed by atoms with Gasteiger partial charge in [-0.15, -0.1) is 0 Å². The number of carbonyl (C=O) groups is 2. The Morgan fingerprint density at radius 2 is 1.67 bits per heavy atom. The van der Waals surface area contributed by atoms with Crippen molar-refractivity contribution >= 4 is 23.6 Å². The molecule has 1 saturated heterocycles. The number of amides is 2. The van der Waals surface area contributed by atoms with E-state index in [1.54, 1.807) is 53.4 Å². The van der Waals surface area contributed by atoms with Crippen molar-refractivity contribution in [2.24, 2.45) is 0 Å². The Bertz CT molecular complexity index is 759. The maximum Gasteiger partial charge on any atom is 0.412 e. The SMILES string of the molecule is O=C(NC1CCN(C(=O)COc2ccc(Cl)cc2)CC1)Oc1ccccc1. The van der Waals surface area contributed by atoms with Gasteiger partial charge in [-0.2, -0.15) is 0 Å². The van der Waals surface area contributed by atoms with Crippen LogP contribution in [-0.4, -0.2) is 42.6 Å². The molecular formula is C20H21ClN2O4. The molecule has 1 aliphatic heterocycles. The minimum absolute atomic E-state index is 0.0116. The van der Waals surface area contributed by atoms with Crippen LogP contribution in [0.25, 0.3) is 0 Å². The summed E-state index contributed by atoms with van der Waals surface area (Å²) in [6.07, 6.45) is 0.879. The zero-order chi connectivity index (χ0) is 19.1. The first-order valence-corrected chi connectivity index (χ1v) is 9.17. The number of ether oxygens (including phenoxy) is 2. The predicted octanol–water partition coefficient (Wildman–Crippen LogP) is 3.50. The Hall–Kier alpha value is -2.73. The quantitative estimate of drug-likeness (QED) is 0.851. The summed E-state index contributed by atoms with van der Waals surface area (Å²) in [5.41, 5.74) is 0. The number of halogens is 1. The molecule has 2 amide bonds. The third kappa shape index (κ3) is 5.89. The molecule has 0 bridgehead atoms. The molecule has 7 heteroatoms. The van der Waals surface area contributed by atoms with E-state index in [-0.39, 0.29) is 18.6 Å². The lowest BCUT2D eigenvalue weighted by molar-refractivity contribution is -0.134. The monoisotopic (exact) mass is 388 g/mol. The van der Waals surface area contributed by atoms with Gasteiger partial charge in [0.05, 0.1) is 0 Å². The van der Waals surface area contributed by atoms with E-state index in [1.807, 2.05) is 6.07 Å². The van der Waals surface area contributed by atoms with Crippen molar-refractivity contribution in [2.75, 3.05) is 19.7 Å². The first-order valence-electron chi connectivity index (χ1n) is 8.80. The second kappa shape index (κ2) is 9.28. The van der Waals surface area contributed by atoms with Crippen molar-refractivity contribution < 1.29 is 19.1 Å². The average Bonchev–Trinajstić information content (AvgIpc) is 2.68. The second-order valence-corrected chi connectivity index (χ2v) is 6.68. The number of piperidine rings is 1. The van der Waals surface area contributed by atoms with Crippen LogP contribution in [0, 0.1) is 0 Å². The van der Waals surface area contributed by atoms with Gasteiger partial charge in [-0.3, -0.25) is 4.79 Å². The van der Waals surface area contributed by atoms with Crippen molar-refractivity contribution in [3.8, 4) is 11.5 Å². The van der Waals surface area contributed by atoms with Crippen molar-refractivity contribution in [2.45, 2.75) is 18.9 Å². The lowest BCUT2D eigenvalue weighted by atomic mass is 10.1. The summed E-state index contributed by atoms with van der Waals surface area (Å²) in [4.78, 5) is 26.0. The van der Waals surface area contributed by atoms with E-state index >= 15 is 0 Å². The molecule has 2 aromatic carbocycles. The molecule has 0 saturated carbocycles. The highest BCUT2D eigenvalue weighted by atomic mass is 35.5. The Morgan fingerprint density at radius 1 is 1.00 bits per heavy atom. The fraction of sp³-hybridized carbons (Fsp3) is 0.300. The predicted molar refractivity (Wildman–Crippen MR) is 102 cm³/mol. The summed E-state index contributed by atoms with van der Waals surface area (Å²) in [5.74, 6) is 1.03. The summed E-state index contributed by atoms with van der Waals surface area (Å²) >= 11 is 5.82. The molecule has 1 aliphatic rings. The van der Waals surface area contributed by atoms with Crippen LogP contribution in [0.4, 0.5) is 4.79 Å². The highest BCUT2D eigenvalue weighted by Gasteiger charge is 2.24. The number of rotatable bonds is 5. The van der Waals surface area contributed by atoms with Crippen LogP contribution >= 0.6 is 11.6 Å². The first kappa shape index (κ1) is 19.0. The van der Waals surface area contributed by atoms with Gasteiger partial charge < -0.3 is 19.7 Å². The number of nitrogens with zero attached hydrogens (tertiary/aromatic N) is 1. The Balaban J connectivity index is 1.38. The molecule has 6 nitrogen and oxygen atoms in total. The van der Waals surface area contributed by atoms with E-state index in [1.165, 1.54) is 0 Å². The standard InChI is InChI=1S/C20H21ClN2O4/c21-15-6-8-17(9-7-15)26-14-19(24)23-12-10-16(11-13-23)22-20(25)27-18-4-2-1-3-5-18/h1-9,16H,10-14H2,(H,22,25). The zero-order valence-corrected chi connectivity index (χ0v) is 15.5.